The number of hydrogen-bond donors (Lipinski definition) is 3. The van der Waals surface area contributed by atoms with Gasteiger partial charge in [-0.2, -0.15) is 0 Å². The number of H-pyrrole nitrogens is 1. The van der Waals surface area contributed by atoms with E-state index in [0.717, 1.165) is 11.0 Å². The number of aliphatic hydroxyl groups excluding tert-OH is 1. The molecule has 1 aliphatic rings. The topological polar surface area (TPSA) is 104 Å². The van der Waals surface area contributed by atoms with Crippen molar-refractivity contribution in [2.45, 2.75) is 12.5 Å². The summed E-state index contributed by atoms with van der Waals surface area (Å²) in [5.74, 6) is 1.87. The van der Waals surface area contributed by atoms with E-state index in [9.17, 15) is 5.11 Å². The van der Waals surface area contributed by atoms with Crippen molar-refractivity contribution < 1.29 is 19.3 Å². The second-order valence-corrected chi connectivity index (χ2v) is 6.95. The molecule has 0 amide bonds. The van der Waals surface area contributed by atoms with Crippen LogP contribution in [-0.4, -0.2) is 54.9 Å². The summed E-state index contributed by atoms with van der Waals surface area (Å²) in [6, 6.07) is 12.5. The fraction of sp³-hybridized carbons (Fsp3) is 0.273. The van der Waals surface area contributed by atoms with Gasteiger partial charge >= 0.3 is 0 Å². The van der Waals surface area contributed by atoms with E-state index in [1.165, 1.54) is 0 Å². The second kappa shape index (κ2) is 8.08. The van der Waals surface area contributed by atoms with Gasteiger partial charge in [-0.1, -0.05) is 12.1 Å². The highest BCUT2D eigenvalue weighted by Crippen LogP contribution is 2.39. The number of methoxy groups -OCH3 is 3. The summed E-state index contributed by atoms with van der Waals surface area (Å²) in [6.45, 7) is 0.424. The first kappa shape index (κ1) is 19.8. The van der Waals surface area contributed by atoms with Crippen LogP contribution in [0.3, 0.4) is 0 Å². The van der Waals surface area contributed by atoms with E-state index < -0.39 is 6.04 Å². The summed E-state index contributed by atoms with van der Waals surface area (Å²) >= 11 is 0. The molecule has 0 radical (unpaired) electrons. The number of para-hydroxylation sites is 2. The molecule has 8 heteroatoms. The molecule has 2 aromatic carbocycles. The molecule has 0 aliphatic carbocycles. The number of ether oxygens (including phenoxy) is 3. The monoisotopic (exact) mass is 408 g/mol. The maximum absolute atomic E-state index is 11.1. The van der Waals surface area contributed by atoms with Crippen molar-refractivity contribution in [2.75, 3.05) is 32.8 Å². The number of fused-ring (bicyclic) bond motifs is 1. The number of aromatic nitrogens is 2. The molecule has 0 saturated heterocycles. The zero-order valence-corrected chi connectivity index (χ0v) is 17.1. The molecular formula is C22H24N4O4. The molecule has 3 aromatic rings. The Morgan fingerprint density at radius 2 is 1.80 bits per heavy atom. The van der Waals surface area contributed by atoms with Gasteiger partial charge in [-0.05, 0) is 18.6 Å². The number of imidazole rings is 1. The lowest BCUT2D eigenvalue weighted by molar-refractivity contribution is 0.186. The van der Waals surface area contributed by atoms with E-state index in [1.807, 2.05) is 36.4 Å². The Hall–Kier alpha value is -3.52. The van der Waals surface area contributed by atoms with E-state index in [-0.39, 0.29) is 11.6 Å². The average molecular weight is 408 g/mol. The van der Waals surface area contributed by atoms with Crippen LogP contribution in [0, 0.1) is 5.41 Å². The standard InChI is InChI=1S/C22H24N4O4/c1-28-9-8-18-20(27)19(22-24-16-6-4-5-7-17(16)25-22)21(23)26(18)13-10-14(29-2)12-15(11-13)30-3/h4-7,10-12,18,23,27H,8-9H2,1-3H3,(H,24,25). The molecule has 8 nitrogen and oxygen atoms in total. The zero-order valence-electron chi connectivity index (χ0n) is 17.1. The van der Waals surface area contributed by atoms with Crippen LogP contribution in [0.5, 0.6) is 11.5 Å². The lowest BCUT2D eigenvalue weighted by Crippen LogP contribution is -2.36. The normalized spacial score (nSPS) is 16.6. The van der Waals surface area contributed by atoms with Crippen molar-refractivity contribution in [2.24, 2.45) is 0 Å². The average Bonchev–Trinajstić information content (AvgIpc) is 3.29. The molecule has 0 bridgehead atoms. The van der Waals surface area contributed by atoms with Crippen LogP contribution in [0.2, 0.25) is 0 Å². The number of anilines is 1. The van der Waals surface area contributed by atoms with Crippen LogP contribution >= 0.6 is 0 Å². The number of aliphatic hydroxyl groups is 1. The molecule has 1 unspecified atom stereocenters. The Balaban J connectivity index is 1.81. The third-order valence-electron chi connectivity index (χ3n) is 5.20. The zero-order chi connectivity index (χ0) is 21.3. The molecule has 1 atom stereocenters. The van der Waals surface area contributed by atoms with Crippen molar-refractivity contribution in [3.05, 3.63) is 54.0 Å². The van der Waals surface area contributed by atoms with Gasteiger partial charge in [-0.25, -0.2) is 4.98 Å². The molecule has 1 aliphatic heterocycles. The number of nitrogens with one attached hydrogen (secondary N) is 2. The first-order valence-corrected chi connectivity index (χ1v) is 9.55. The van der Waals surface area contributed by atoms with Crippen molar-refractivity contribution in [3.63, 3.8) is 0 Å². The van der Waals surface area contributed by atoms with E-state index in [2.05, 4.69) is 9.97 Å². The second-order valence-electron chi connectivity index (χ2n) is 6.95. The van der Waals surface area contributed by atoms with E-state index >= 15 is 0 Å². The Morgan fingerprint density at radius 1 is 1.10 bits per heavy atom. The van der Waals surface area contributed by atoms with Crippen LogP contribution < -0.4 is 14.4 Å². The molecule has 1 aromatic heterocycles. The molecular weight excluding hydrogens is 384 g/mol. The van der Waals surface area contributed by atoms with E-state index in [1.54, 1.807) is 32.3 Å². The van der Waals surface area contributed by atoms with Gasteiger partial charge in [0.2, 0.25) is 0 Å². The van der Waals surface area contributed by atoms with Gasteiger partial charge in [0.15, 0.2) is 0 Å². The van der Waals surface area contributed by atoms with Crippen LogP contribution in [0.15, 0.2) is 48.2 Å². The SMILES string of the molecule is COCCC1C(O)=C(c2nc3ccccc3[nH]2)C(=N)N1c1cc(OC)cc(OC)c1. The molecule has 156 valence electrons. The maximum Gasteiger partial charge on any atom is 0.145 e. The molecule has 0 saturated carbocycles. The largest absolute Gasteiger partial charge is 0.509 e. The maximum atomic E-state index is 11.1. The Kier molecular flexibility index (Phi) is 5.33. The molecule has 4 rings (SSSR count). The third kappa shape index (κ3) is 3.35. The van der Waals surface area contributed by atoms with E-state index in [0.29, 0.717) is 41.6 Å². The molecule has 0 spiro atoms. The third-order valence-corrected chi connectivity index (χ3v) is 5.20. The number of benzene rings is 2. The van der Waals surface area contributed by atoms with Crippen LogP contribution in [0.4, 0.5) is 5.69 Å². The number of rotatable bonds is 7. The highest BCUT2D eigenvalue weighted by Gasteiger charge is 2.40. The highest BCUT2D eigenvalue weighted by atomic mass is 16.5. The molecule has 2 heterocycles. The minimum atomic E-state index is -0.475. The Morgan fingerprint density at radius 3 is 2.43 bits per heavy atom. The van der Waals surface area contributed by atoms with Gasteiger partial charge in [-0.15, -0.1) is 0 Å². The fourth-order valence-electron chi connectivity index (χ4n) is 3.73. The Bertz CT molecular complexity index is 1070. The van der Waals surface area contributed by atoms with Gasteiger partial charge in [0.1, 0.15) is 28.9 Å². The molecule has 0 fully saturated rings. The predicted octanol–water partition coefficient (Wildman–Crippen LogP) is 3.75. The summed E-state index contributed by atoms with van der Waals surface area (Å²) < 4.78 is 16.0. The molecule has 30 heavy (non-hydrogen) atoms. The number of hydrogen-bond acceptors (Lipinski definition) is 6. The lowest BCUT2D eigenvalue weighted by Gasteiger charge is -2.27. The van der Waals surface area contributed by atoms with E-state index in [4.69, 9.17) is 19.6 Å². The van der Waals surface area contributed by atoms with Gasteiger partial charge in [0.05, 0.1) is 42.6 Å². The van der Waals surface area contributed by atoms with Crippen molar-refractivity contribution >= 4 is 28.1 Å². The molecule has 3 N–H and O–H groups in total. The van der Waals surface area contributed by atoms with Gasteiger partial charge in [-0.3, -0.25) is 5.41 Å². The summed E-state index contributed by atoms with van der Waals surface area (Å²) in [5.41, 5.74) is 2.66. The van der Waals surface area contributed by atoms with Gasteiger partial charge < -0.3 is 29.2 Å². The summed E-state index contributed by atoms with van der Waals surface area (Å²) in [6.07, 6.45) is 0.494. The highest BCUT2D eigenvalue weighted by molar-refractivity contribution is 6.31. The smallest absolute Gasteiger partial charge is 0.145 e. The fourth-order valence-corrected chi connectivity index (χ4v) is 3.73. The summed E-state index contributed by atoms with van der Waals surface area (Å²) in [5, 5.41) is 20.0. The first-order chi connectivity index (χ1) is 14.6. The van der Waals surface area contributed by atoms with Crippen LogP contribution in [0.25, 0.3) is 16.6 Å². The van der Waals surface area contributed by atoms with Crippen LogP contribution in [-0.2, 0) is 4.74 Å². The Labute approximate surface area is 174 Å². The lowest BCUT2D eigenvalue weighted by atomic mass is 10.1. The van der Waals surface area contributed by atoms with Crippen molar-refractivity contribution in [1.29, 1.82) is 5.41 Å². The number of aromatic amines is 1. The predicted molar refractivity (Wildman–Crippen MR) is 116 cm³/mol. The summed E-state index contributed by atoms with van der Waals surface area (Å²) in [7, 11) is 4.76. The van der Waals surface area contributed by atoms with Crippen molar-refractivity contribution in [1.82, 2.24) is 9.97 Å². The number of nitrogens with zero attached hydrogens (tertiary/aromatic N) is 2. The minimum Gasteiger partial charge on any atom is -0.509 e. The van der Waals surface area contributed by atoms with Gasteiger partial charge in [0, 0.05) is 31.9 Å². The van der Waals surface area contributed by atoms with Gasteiger partial charge in [0.25, 0.3) is 0 Å². The summed E-state index contributed by atoms with van der Waals surface area (Å²) in [4.78, 5) is 9.55. The minimum absolute atomic E-state index is 0.0814. The van der Waals surface area contributed by atoms with Crippen molar-refractivity contribution in [3.8, 4) is 11.5 Å². The van der Waals surface area contributed by atoms with Crippen LogP contribution in [0.1, 0.15) is 12.2 Å². The number of amidine groups is 1. The first-order valence-electron chi connectivity index (χ1n) is 9.55. The quantitative estimate of drug-likeness (QED) is 0.550.